The van der Waals surface area contributed by atoms with E-state index in [-0.39, 0.29) is 29.3 Å². The minimum Gasteiger partial charge on any atom is -0.478 e. The Labute approximate surface area is 137 Å². The van der Waals surface area contributed by atoms with Crippen LogP contribution in [0.5, 0.6) is 17.2 Å². The van der Waals surface area contributed by atoms with Crippen molar-refractivity contribution in [3.05, 3.63) is 53.6 Å². The van der Waals surface area contributed by atoms with Crippen LogP contribution in [0.4, 0.5) is 0 Å². The molecule has 0 amide bonds. The number of carboxylic acids is 2. The van der Waals surface area contributed by atoms with Crippen molar-refractivity contribution in [1.82, 2.24) is 0 Å². The van der Waals surface area contributed by atoms with E-state index < -0.39 is 11.9 Å². The van der Waals surface area contributed by atoms with Gasteiger partial charge in [-0.25, -0.2) is 9.59 Å². The van der Waals surface area contributed by atoms with Gasteiger partial charge in [0.05, 0.1) is 11.1 Å². The highest BCUT2D eigenvalue weighted by molar-refractivity contribution is 6.02. The van der Waals surface area contributed by atoms with Crippen LogP contribution in [-0.2, 0) is 4.79 Å². The van der Waals surface area contributed by atoms with Gasteiger partial charge in [0.2, 0.25) is 0 Å². The molecule has 0 atom stereocenters. The number of rotatable bonds is 6. The van der Waals surface area contributed by atoms with Crippen LogP contribution in [0.3, 0.4) is 0 Å². The molecule has 0 aliphatic carbocycles. The molecule has 0 aromatic heterocycles. The Morgan fingerprint density at radius 3 is 1.92 bits per heavy atom. The number of aromatic carboxylic acids is 2. The number of carboxylic acid groups (broad SMARTS) is 2. The summed E-state index contributed by atoms with van der Waals surface area (Å²) in [7, 11) is 0. The second-order valence-corrected chi connectivity index (χ2v) is 4.72. The maximum atomic E-state index is 11.2. The van der Waals surface area contributed by atoms with Crippen molar-refractivity contribution < 1.29 is 34.1 Å². The van der Waals surface area contributed by atoms with Crippen LogP contribution >= 0.6 is 0 Å². The first-order valence-corrected chi connectivity index (χ1v) is 7.00. The minimum atomic E-state index is -1.36. The van der Waals surface area contributed by atoms with Crippen molar-refractivity contribution in [3.8, 4) is 17.2 Å². The Bertz CT molecular complexity index is 778. The summed E-state index contributed by atoms with van der Waals surface area (Å²) in [5.41, 5.74) is -0.690. The fourth-order valence-electron chi connectivity index (χ4n) is 1.87. The van der Waals surface area contributed by atoms with Gasteiger partial charge in [-0.3, -0.25) is 4.79 Å². The van der Waals surface area contributed by atoms with Crippen LogP contribution in [-0.4, -0.2) is 28.1 Å². The normalized spacial score (nSPS) is 10.0. The van der Waals surface area contributed by atoms with E-state index in [0.29, 0.717) is 11.5 Å². The fraction of sp³-hybridized carbons (Fsp3) is 0.118. The van der Waals surface area contributed by atoms with Gasteiger partial charge in [0.15, 0.2) is 0 Å². The van der Waals surface area contributed by atoms with E-state index in [0.717, 1.165) is 6.07 Å². The van der Waals surface area contributed by atoms with Crippen molar-refractivity contribution in [2.75, 3.05) is 0 Å². The zero-order valence-electron chi connectivity index (χ0n) is 12.7. The largest absolute Gasteiger partial charge is 0.478 e. The summed E-state index contributed by atoms with van der Waals surface area (Å²) >= 11 is 0. The van der Waals surface area contributed by atoms with E-state index >= 15 is 0 Å². The second-order valence-electron chi connectivity index (χ2n) is 4.72. The molecule has 24 heavy (non-hydrogen) atoms. The smallest absolute Gasteiger partial charge is 0.336 e. The number of esters is 1. The van der Waals surface area contributed by atoms with E-state index in [4.69, 9.17) is 19.7 Å². The summed E-state index contributed by atoms with van der Waals surface area (Å²) in [6.45, 7) is 1.68. The van der Waals surface area contributed by atoms with Crippen LogP contribution in [0.15, 0.2) is 42.5 Å². The molecule has 7 nitrogen and oxygen atoms in total. The molecule has 0 radical (unpaired) electrons. The summed E-state index contributed by atoms with van der Waals surface area (Å²) < 4.78 is 10.5. The van der Waals surface area contributed by atoms with Gasteiger partial charge in [0.25, 0.3) is 0 Å². The maximum Gasteiger partial charge on any atom is 0.336 e. The standard InChI is InChI=1S/C17H14O7/c1-2-15(18)24-11-5-3-10(4-6-11)23-12-7-8-13(16(19)20)14(9-12)17(21)22/h3-9H,2H2,1H3,(H,19,20)(H,21,22). The molecule has 0 aliphatic rings. The molecule has 2 aromatic rings. The van der Waals surface area contributed by atoms with E-state index in [1.165, 1.54) is 24.3 Å². The topological polar surface area (TPSA) is 110 Å². The van der Waals surface area contributed by atoms with Gasteiger partial charge in [-0.05, 0) is 42.5 Å². The predicted molar refractivity (Wildman–Crippen MR) is 82.8 cm³/mol. The number of hydrogen-bond acceptors (Lipinski definition) is 5. The molecule has 0 fully saturated rings. The monoisotopic (exact) mass is 330 g/mol. The third kappa shape index (κ3) is 4.10. The summed E-state index contributed by atoms with van der Waals surface area (Å²) in [6.07, 6.45) is 0.256. The molecule has 0 saturated heterocycles. The molecule has 124 valence electrons. The SMILES string of the molecule is CCC(=O)Oc1ccc(Oc2ccc(C(=O)O)c(C(=O)O)c2)cc1. The lowest BCUT2D eigenvalue weighted by Gasteiger charge is -2.09. The van der Waals surface area contributed by atoms with Gasteiger partial charge in [0.1, 0.15) is 17.2 Å². The summed E-state index contributed by atoms with van der Waals surface area (Å²) in [4.78, 5) is 33.3. The average molecular weight is 330 g/mol. The van der Waals surface area contributed by atoms with E-state index in [1.54, 1.807) is 19.1 Å². The van der Waals surface area contributed by atoms with Crippen LogP contribution in [0.2, 0.25) is 0 Å². The highest BCUT2D eigenvalue weighted by atomic mass is 16.5. The maximum absolute atomic E-state index is 11.2. The molecular weight excluding hydrogens is 316 g/mol. The highest BCUT2D eigenvalue weighted by Crippen LogP contribution is 2.26. The van der Waals surface area contributed by atoms with Crippen molar-refractivity contribution in [2.45, 2.75) is 13.3 Å². The van der Waals surface area contributed by atoms with Crippen molar-refractivity contribution in [3.63, 3.8) is 0 Å². The number of ether oxygens (including phenoxy) is 2. The first kappa shape index (κ1) is 17.0. The molecule has 0 heterocycles. The third-order valence-corrected chi connectivity index (χ3v) is 3.03. The fourth-order valence-corrected chi connectivity index (χ4v) is 1.87. The van der Waals surface area contributed by atoms with Gasteiger partial charge in [0, 0.05) is 6.42 Å². The zero-order valence-corrected chi connectivity index (χ0v) is 12.7. The Hall–Kier alpha value is -3.35. The minimum absolute atomic E-state index is 0.177. The van der Waals surface area contributed by atoms with Gasteiger partial charge < -0.3 is 19.7 Å². The molecule has 0 saturated carbocycles. The number of carbonyl (C=O) groups excluding carboxylic acids is 1. The molecule has 7 heteroatoms. The van der Waals surface area contributed by atoms with E-state index in [1.807, 2.05) is 0 Å². The molecule has 0 bridgehead atoms. The Kier molecular flexibility index (Phi) is 5.16. The van der Waals surface area contributed by atoms with Crippen molar-refractivity contribution >= 4 is 17.9 Å². The molecule has 2 aromatic carbocycles. The van der Waals surface area contributed by atoms with Crippen LogP contribution < -0.4 is 9.47 Å². The predicted octanol–water partition coefficient (Wildman–Crippen LogP) is 3.19. The number of carbonyl (C=O) groups is 3. The van der Waals surface area contributed by atoms with E-state index in [9.17, 15) is 14.4 Å². The zero-order chi connectivity index (χ0) is 17.7. The van der Waals surface area contributed by atoms with Crippen LogP contribution in [0.1, 0.15) is 34.1 Å². The van der Waals surface area contributed by atoms with Crippen LogP contribution in [0.25, 0.3) is 0 Å². The lowest BCUT2D eigenvalue weighted by atomic mass is 10.1. The lowest BCUT2D eigenvalue weighted by Crippen LogP contribution is -2.08. The highest BCUT2D eigenvalue weighted by Gasteiger charge is 2.17. The Balaban J connectivity index is 2.19. The second kappa shape index (κ2) is 7.28. The average Bonchev–Trinajstić information content (AvgIpc) is 2.56. The van der Waals surface area contributed by atoms with Gasteiger partial charge in [-0.15, -0.1) is 0 Å². The van der Waals surface area contributed by atoms with Crippen LogP contribution in [0, 0.1) is 0 Å². The molecule has 0 spiro atoms. The lowest BCUT2D eigenvalue weighted by molar-refractivity contribution is -0.134. The summed E-state index contributed by atoms with van der Waals surface area (Å²) in [5.74, 6) is -2.14. The first-order chi connectivity index (χ1) is 11.4. The van der Waals surface area contributed by atoms with E-state index in [2.05, 4.69) is 0 Å². The molecular formula is C17H14O7. The van der Waals surface area contributed by atoms with Crippen molar-refractivity contribution in [2.24, 2.45) is 0 Å². The molecule has 0 unspecified atom stereocenters. The van der Waals surface area contributed by atoms with Gasteiger partial charge in [-0.2, -0.15) is 0 Å². The number of benzene rings is 2. The summed E-state index contributed by atoms with van der Waals surface area (Å²) in [6, 6.07) is 9.82. The molecule has 2 rings (SSSR count). The van der Waals surface area contributed by atoms with Gasteiger partial charge >= 0.3 is 17.9 Å². The van der Waals surface area contributed by atoms with Crippen molar-refractivity contribution in [1.29, 1.82) is 0 Å². The first-order valence-electron chi connectivity index (χ1n) is 7.00. The quantitative estimate of drug-likeness (QED) is 0.618. The van der Waals surface area contributed by atoms with Gasteiger partial charge in [-0.1, -0.05) is 6.92 Å². The summed E-state index contributed by atoms with van der Waals surface area (Å²) in [5, 5.41) is 18.1. The molecule has 0 aliphatic heterocycles. The molecule has 2 N–H and O–H groups in total. The number of hydrogen-bond donors (Lipinski definition) is 2. The third-order valence-electron chi connectivity index (χ3n) is 3.03. The Morgan fingerprint density at radius 2 is 1.38 bits per heavy atom. The Morgan fingerprint density at radius 1 is 0.833 bits per heavy atom.